The highest BCUT2D eigenvalue weighted by Gasteiger charge is 2.16. The van der Waals surface area contributed by atoms with E-state index in [4.69, 9.17) is 9.97 Å². The van der Waals surface area contributed by atoms with Gasteiger partial charge in [-0.25, -0.2) is 9.97 Å². The van der Waals surface area contributed by atoms with E-state index in [1.807, 2.05) is 36.4 Å². The van der Waals surface area contributed by atoms with E-state index in [-0.39, 0.29) is 0 Å². The second kappa shape index (κ2) is 16.3. The Hall–Kier alpha value is -8.34. The van der Waals surface area contributed by atoms with Crippen LogP contribution >= 0.6 is 0 Å². The number of para-hydroxylation sites is 2. The molecule has 11 aromatic rings. The number of hydrogen-bond donors (Lipinski definition) is 0. The van der Waals surface area contributed by atoms with Crippen LogP contribution < -0.4 is 0 Å². The predicted octanol–water partition coefficient (Wildman–Crippen LogP) is 15.3. The molecule has 11 rings (SSSR count). The second-order valence-corrected chi connectivity index (χ2v) is 15.8. The van der Waals surface area contributed by atoms with Crippen molar-refractivity contribution < 1.29 is 0 Å². The minimum atomic E-state index is 0.707. The summed E-state index contributed by atoms with van der Waals surface area (Å²) in [7, 11) is 0. The molecule has 0 saturated carbocycles. The molecule has 4 heteroatoms. The van der Waals surface area contributed by atoms with Crippen LogP contribution in [0.5, 0.6) is 0 Å². The van der Waals surface area contributed by atoms with E-state index < -0.39 is 0 Å². The Bertz CT molecular complexity index is 3430. The predicted molar refractivity (Wildman–Crippen MR) is 264 cm³/mol. The Kier molecular flexibility index (Phi) is 9.72. The first kappa shape index (κ1) is 37.6. The number of nitrogens with zero attached hydrogens (tertiary/aromatic N) is 4. The van der Waals surface area contributed by atoms with E-state index in [1.165, 1.54) is 32.8 Å². The zero-order chi connectivity index (χ0) is 42.1. The monoisotopic (exact) mass is 806 g/mol. The zero-order valence-electron chi connectivity index (χ0n) is 34.8. The first-order chi connectivity index (χ1) is 31.2. The van der Waals surface area contributed by atoms with Crippen LogP contribution in [0.3, 0.4) is 0 Å². The number of fused-ring (bicyclic) bond motifs is 4. The van der Waals surface area contributed by atoms with Gasteiger partial charge in [-0.2, -0.15) is 0 Å². The van der Waals surface area contributed by atoms with Gasteiger partial charge in [0.1, 0.15) is 0 Å². The van der Waals surface area contributed by atoms with Crippen molar-refractivity contribution in [2.45, 2.75) is 6.92 Å². The maximum Gasteiger partial charge on any atom is 0.160 e. The summed E-state index contributed by atoms with van der Waals surface area (Å²) in [5.74, 6) is 0.707. The molecule has 0 atom stereocenters. The molecule has 0 saturated heterocycles. The first-order valence-corrected chi connectivity index (χ1v) is 21.4. The molecular formula is C59H42N4. The van der Waals surface area contributed by atoms with Crippen LogP contribution in [-0.4, -0.2) is 19.1 Å². The Labute approximate surface area is 367 Å². The molecule has 0 aliphatic carbocycles. The molecule has 298 valence electrons. The molecule has 0 unspecified atom stereocenters. The lowest BCUT2D eigenvalue weighted by Gasteiger charge is -2.12. The van der Waals surface area contributed by atoms with Gasteiger partial charge in [0.15, 0.2) is 5.82 Å². The molecule has 4 nitrogen and oxygen atoms in total. The van der Waals surface area contributed by atoms with Crippen LogP contribution in [0.15, 0.2) is 231 Å². The Balaban J connectivity index is 0.972. The van der Waals surface area contributed by atoms with Crippen LogP contribution in [-0.2, 0) is 0 Å². The average molecular weight is 807 g/mol. The van der Waals surface area contributed by atoms with Crippen LogP contribution in [0.25, 0.3) is 101 Å². The number of aromatic nitrogens is 4. The summed E-state index contributed by atoms with van der Waals surface area (Å²) in [4.78, 5) is 10.1. The van der Waals surface area contributed by atoms with Crippen molar-refractivity contribution in [3.8, 4) is 56.4 Å². The number of benzene rings is 8. The average Bonchev–Trinajstić information content (AvgIpc) is 3.90. The molecule has 3 heterocycles. The van der Waals surface area contributed by atoms with E-state index in [0.29, 0.717) is 5.82 Å². The molecule has 0 radical (unpaired) electrons. The lowest BCUT2D eigenvalue weighted by atomic mass is 10.0. The molecule has 8 aromatic carbocycles. The third-order valence-corrected chi connectivity index (χ3v) is 12.0. The standard InChI is InChI=1S/C59H42N4/c1-2-41(29-35-51-38-48-23-12-14-27-56(48)62(51)50-25-16-24-46(37-50)42-17-6-3-7-18-42)47-32-36-53-52-26-13-15-28-57(52)63(58(53)39-47)49-33-30-44(31-34-49)55-40-54(43-19-8-4-9-20-43)60-59(61-55)45-21-10-5-11-22-45/h2-40H,1H3/b35-29-,41-2+. The third-order valence-electron chi connectivity index (χ3n) is 12.0. The molecule has 0 N–H and O–H groups in total. The minimum Gasteiger partial charge on any atom is -0.310 e. The first-order valence-electron chi connectivity index (χ1n) is 21.4. The van der Waals surface area contributed by atoms with Crippen molar-refractivity contribution in [2.75, 3.05) is 0 Å². The molecule has 63 heavy (non-hydrogen) atoms. The minimum absolute atomic E-state index is 0.707. The molecule has 0 aliphatic heterocycles. The van der Waals surface area contributed by atoms with E-state index in [2.05, 4.69) is 216 Å². The van der Waals surface area contributed by atoms with Crippen LogP contribution in [0.2, 0.25) is 0 Å². The van der Waals surface area contributed by atoms with Gasteiger partial charge >= 0.3 is 0 Å². The summed E-state index contributed by atoms with van der Waals surface area (Å²) >= 11 is 0. The van der Waals surface area contributed by atoms with Crippen molar-refractivity contribution in [3.05, 3.63) is 242 Å². The van der Waals surface area contributed by atoms with Gasteiger partial charge in [-0.05, 0) is 89.9 Å². The molecular weight excluding hydrogens is 765 g/mol. The Morgan fingerprint density at radius 3 is 1.75 bits per heavy atom. The molecule has 0 bridgehead atoms. The van der Waals surface area contributed by atoms with Gasteiger partial charge in [-0.3, -0.25) is 0 Å². The highest BCUT2D eigenvalue weighted by Crippen LogP contribution is 2.36. The van der Waals surface area contributed by atoms with Crippen LogP contribution in [0, 0.1) is 0 Å². The number of rotatable bonds is 9. The van der Waals surface area contributed by atoms with Crippen molar-refractivity contribution in [2.24, 2.45) is 0 Å². The fraction of sp³-hybridized carbons (Fsp3) is 0.0169. The highest BCUT2D eigenvalue weighted by molar-refractivity contribution is 6.10. The Morgan fingerprint density at radius 2 is 1.02 bits per heavy atom. The summed E-state index contributed by atoms with van der Waals surface area (Å²) < 4.78 is 4.75. The van der Waals surface area contributed by atoms with Gasteiger partial charge in [0.05, 0.1) is 27.9 Å². The lowest BCUT2D eigenvalue weighted by molar-refractivity contribution is 1.11. The summed E-state index contributed by atoms with van der Waals surface area (Å²) in [5.41, 5.74) is 16.4. The topological polar surface area (TPSA) is 35.6 Å². The lowest BCUT2D eigenvalue weighted by Crippen LogP contribution is -1.97. The normalized spacial score (nSPS) is 11.9. The summed E-state index contributed by atoms with van der Waals surface area (Å²) in [5, 5.41) is 3.64. The smallest absolute Gasteiger partial charge is 0.160 e. The summed E-state index contributed by atoms with van der Waals surface area (Å²) in [6.07, 6.45) is 6.71. The van der Waals surface area contributed by atoms with Gasteiger partial charge in [0, 0.05) is 49.9 Å². The number of hydrogen-bond acceptors (Lipinski definition) is 2. The third kappa shape index (κ3) is 7.14. The molecule has 0 spiro atoms. The molecule has 0 aliphatic rings. The van der Waals surface area contributed by atoms with Crippen molar-refractivity contribution in [1.82, 2.24) is 19.1 Å². The van der Waals surface area contributed by atoms with Gasteiger partial charge in [-0.1, -0.05) is 176 Å². The molecule has 0 amide bonds. The summed E-state index contributed by atoms with van der Waals surface area (Å²) in [6, 6.07) is 77.3. The maximum atomic E-state index is 5.09. The quantitative estimate of drug-likeness (QED) is 0.136. The van der Waals surface area contributed by atoms with Gasteiger partial charge in [0.2, 0.25) is 0 Å². The molecule has 3 aromatic heterocycles. The molecule has 0 fully saturated rings. The Morgan fingerprint density at radius 1 is 0.413 bits per heavy atom. The maximum absolute atomic E-state index is 5.09. The number of allylic oxidation sites excluding steroid dienone is 3. The van der Waals surface area contributed by atoms with Crippen molar-refractivity contribution in [3.63, 3.8) is 0 Å². The van der Waals surface area contributed by atoms with Gasteiger partial charge < -0.3 is 9.13 Å². The summed E-state index contributed by atoms with van der Waals surface area (Å²) in [6.45, 7) is 2.12. The van der Waals surface area contributed by atoms with Crippen LogP contribution in [0.4, 0.5) is 0 Å². The fourth-order valence-electron chi connectivity index (χ4n) is 8.85. The van der Waals surface area contributed by atoms with E-state index in [9.17, 15) is 0 Å². The fourth-order valence-corrected chi connectivity index (χ4v) is 8.85. The van der Waals surface area contributed by atoms with Gasteiger partial charge in [0.25, 0.3) is 0 Å². The zero-order valence-corrected chi connectivity index (χ0v) is 34.8. The van der Waals surface area contributed by atoms with Gasteiger partial charge in [-0.15, -0.1) is 0 Å². The second-order valence-electron chi connectivity index (χ2n) is 15.8. The van der Waals surface area contributed by atoms with Crippen molar-refractivity contribution >= 4 is 44.4 Å². The van der Waals surface area contributed by atoms with Crippen molar-refractivity contribution in [1.29, 1.82) is 0 Å². The highest BCUT2D eigenvalue weighted by atomic mass is 15.0. The van der Waals surface area contributed by atoms with E-state index in [0.717, 1.165) is 67.3 Å². The van der Waals surface area contributed by atoms with Crippen LogP contribution in [0.1, 0.15) is 18.2 Å². The largest absolute Gasteiger partial charge is 0.310 e. The SMILES string of the molecule is C/C=C(\C=C/c1cc2ccccc2n1-c1cccc(-c2ccccc2)c1)c1ccc2c3ccccc3n(-c3ccc(-c4cc(-c5ccccc5)nc(-c5ccccc5)n4)cc3)c2c1. The van der Waals surface area contributed by atoms with E-state index >= 15 is 0 Å². The van der Waals surface area contributed by atoms with E-state index in [1.54, 1.807) is 0 Å².